The van der Waals surface area contributed by atoms with Crippen molar-refractivity contribution >= 4 is 5.69 Å². The first-order valence-corrected chi connectivity index (χ1v) is 6.79. The minimum atomic E-state index is 0.326. The van der Waals surface area contributed by atoms with Crippen LogP contribution in [0, 0.1) is 0 Å². The lowest BCUT2D eigenvalue weighted by atomic mass is 9.93. The maximum Gasteiger partial charge on any atom is 0.119 e. The summed E-state index contributed by atoms with van der Waals surface area (Å²) in [7, 11) is 0. The van der Waals surface area contributed by atoms with Gasteiger partial charge in [-0.05, 0) is 54.5 Å². The highest BCUT2D eigenvalue weighted by atomic mass is 16.3. The third-order valence-corrected chi connectivity index (χ3v) is 3.53. The first-order chi connectivity index (χ1) is 9.16. The molecule has 2 aromatic rings. The molecule has 0 aliphatic heterocycles. The van der Waals surface area contributed by atoms with Gasteiger partial charge in [0.15, 0.2) is 0 Å². The van der Waals surface area contributed by atoms with Crippen LogP contribution in [0.3, 0.4) is 0 Å². The standard InChI is InChI=1S/C17H21NO/c1-13(16-12-15(18)10-11-17(16)19)6-5-9-14-7-3-2-4-8-14/h2-4,7-8,10-13,19H,5-6,9,18H2,1H3. The molecule has 3 N–H and O–H groups in total. The zero-order valence-electron chi connectivity index (χ0n) is 11.3. The van der Waals surface area contributed by atoms with Crippen LogP contribution >= 0.6 is 0 Å². The van der Waals surface area contributed by atoms with Gasteiger partial charge in [0.25, 0.3) is 0 Å². The lowest BCUT2D eigenvalue weighted by Gasteiger charge is -2.14. The van der Waals surface area contributed by atoms with Gasteiger partial charge in [-0.2, -0.15) is 0 Å². The molecule has 0 amide bonds. The lowest BCUT2D eigenvalue weighted by Crippen LogP contribution is -1.97. The molecule has 2 nitrogen and oxygen atoms in total. The zero-order valence-corrected chi connectivity index (χ0v) is 11.3. The monoisotopic (exact) mass is 255 g/mol. The number of nitrogen functional groups attached to an aromatic ring is 1. The minimum absolute atomic E-state index is 0.326. The molecule has 100 valence electrons. The zero-order chi connectivity index (χ0) is 13.7. The molecule has 0 spiro atoms. The molecule has 0 saturated carbocycles. The molecule has 0 aliphatic carbocycles. The summed E-state index contributed by atoms with van der Waals surface area (Å²) >= 11 is 0. The summed E-state index contributed by atoms with van der Waals surface area (Å²) < 4.78 is 0. The Morgan fingerprint density at radius 3 is 2.58 bits per heavy atom. The Kier molecular flexibility index (Phi) is 4.45. The van der Waals surface area contributed by atoms with Crippen molar-refractivity contribution in [2.45, 2.75) is 32.1 Å². The van der Waals surface area contributed by atoms with Gasteiger partial charge in [-0.25, -0.2) is 0 Å². The second kappa shape index (κ2) is 6.28. The predicted molar refractivity (Wildman–Crippen MR) is 80.3 cm³/mol. The Morgan fingerprint density at radius 2 is 1.84 bits per heavy atom. The number of phenolic OH excluding ortho intramolecular Hbond substituents is 1. The number of anilines is 1. The SMILES string of the molecule is CC(CCCc1ccccc1)c1cc(N)ccc1O. The molecule has 0 fully saturated rings. The van der Waals surface area contributed by atoms with Crippen molar-refractivity contribution in [1.29, 1.82) is 0 Å². The van der Waals surface area contributed by atoms with E-state index in [2.05, 4.69) is 31.2 Å². The highest BCUT2D eigenvalue weighted by molar-refractivity contribution is 5.48. The molecule has 1 unspecified atom stereocenters. The molecule has 1 atom stereocenters. The van der Waals surface area contributed by atoms with Crippen molar-refractivity contribution in [1.82, 2.24) is 0 Å². The highest BCUT2D eigenvalue weighted by Crippen LogP contribution is 2.30. The number of phenols is 1. The molecule has 0 saturated heterocycles. The Balaban J connectivity index is 1.91. The van der Waals surface area contributed by atoms with Crippen molar-refractivity contribution in [2.75, 3.05) is 5.73 Å². The third kappa shape index (κ3) is 3.75. The van der Waals surface area contributed by atoms with Crippen molar-refractivity contribution in [2.24, 2.45) is 0 Å². The first kappa shape index (κ1) is 13.5. The smallest absolute Gasteiger partial charge is 0.119 e. The van der Waals surface area contributed by atoms with E-state index in [1.54, 1.807) is 12.1 Å². The van der Waals surface area contributed by atoms with Crippen LogP contribution in [0.2, 0.25) is 0 Å². The Labute approximate surface area is 114 Å². The van der Waals surface area contributed by atoms with Gasteiger partial charge >= 0.3 is 0 Å². The summed E-state index contributed by atoms with van der Waals surface area (Å²) in [6.07, 6.45) is 3.24. The number of aromatic hydroxyl groups is 1. The normalized spacial score (nSPS) is 12.3. The fraction of sp³-hybridized carbons (Fsp3) is 0.294. The van der Waals surface area contributed by atoms with Crippen LogP contribution in [0.5, 0.6) is 5.75 Å². The van der Waals surface area contributed by atoms with Crippen LogP contribution in [0.25, 0.3) is 0 Å². The van der Waals surface area contributed by atoms with Crippen LogP contribution in [-0.4, -0.2) is 5.11 Å². The molecule has 2 aromatic carbocycles. The Bertz CT molecular complexity index is 522. The molecule has 19 heavy (non-hydrogen) atoms. The fourth-order valence-corrected chi connectivity index (χ4v) is 2.38. The van der Waals surface area contributed by atoms with Gasteiger partial charge in [-0.1, -0.05) is 37.3 Å². The number of hydrogen-bond donors (Lipinski definition) is 2. The van der Waals surface area contributed by atoms with Crippen LogP contribution in [0.4, 0.5) is 5.69 Å². The van der Waals surface area contributed by atoms with Crippen molar-refractivity contribution < 1.29 is 5.11 Å². The Morgan fingerprint density at radius 1 is 1.11 bits per heavy atom. The molecule has 0 bridgehead atoms. The molecule has 0 aromatic heterocycles. The van der Waals surface area contributed by atoms with Gasteiger partial charge in [0, 0.05) is 5.69 Å². The molecular weight excluding hydrogens is 234 g/mol. The lowest BCUT2D eigenvalue weighted by molar-refractivity contribution is 0.459. The highest BCUT2D eigenvalue weighted by Gasteiger charge is 2.10. The van der Waals surface area contributed by atoms with E-state index in [0.29, 0.717) is 17.4 Å². The summed E-state index contributed by atoms with van der Waals surface area (Å²) in [6, 6.07) is 15.8. The van der Waals surface area contributed by atoms with E-state index in [1.807, 2.05) is 12.1 Å². The van der Waals surface area contributed by atoms with Gasteiger partial charge in [0.1, 0.15) is 5.75 Å². The second-order valence-corrected chi connectivity index (χ2v) is 5.10. The van der Waals surface area contributed by atoms with Gasteiger partial charge < -0.3 is 10.8 Å². The summed E-state index contributed by atoms with van der Waals surface area (Å²) in [4.78, 5) is 0. The molecule has 2 rings (SSSR count). The second-order valence-electron chi connectivity index (χ2n) is 5.10. The largest absolute Gasteiger partial charge is 0.508 e. The first-order valence-electron chi connectivity index (χ1n) is 6.79. The number of hydrogen-bond acceptors (Lipinski definition) is 2. The Hall–Kier alpha value is -1.96. The molecule has 0 radical (unpaired) electrons. The molecule has 0 aliphatic rings. The van der Waals surface area contributed by atoms with E-state index in [1.165, 1.54) is 5.56 Å². The average molecular weight is 255 g/mol. The molecule has 2 heteroatoms. The van der Waals surface area contributed by atoms with Crippen molar-refractivity contribution in [3.05, 3.63) is 59.7 Å². The van der Waals surface area contributed by atoms with E-state index < -0.39 is 0 Å². The summed E-state index contributed by atoms with van der Waals surface area (Å²) in [5.41, 5.74) is 8.80. The minimum Gasteiger partial charge on any atom is -0.508 e. The van der Waals surface area contributed by atoms with Crippen LogP contribution in [0.15, 0.2) is 48.5 Å². The third-order valence-electron chi connectivity index (χ3n) is 3.53. The van der Waals surface area contributed by atoms with Gasteiger partial charge in [0.2, 0.25) is 0 Å². The summed E-state index contributed by atoms with van der Waals surface area (Å²) in [5.74, 6) is 0.675. The van der Waals surface area contributed by atoms with E-state index in [9.17, 15) is 5.11 Å². The van der Waals surface area contributed by atoms with Gasteiger partial charge in [-0.15, -0.1) is 0 Å². The maximum atomic E-state index is 9.87. The topological polar surface area (TPSA) is 46.2 Å². The van der Waals surface area contributed by atoms with E-state index in [4.69, 9.17) is 5.73 Å². The van der Waals surface area contributed by atoms with E-state index in [-0.39, 0.29) is 0 Å². The van der Waals surface area contributed by atoms with Gasteiger partial charge in [-0.3, -0.25) is 0 Å². The van der Waals surface area contributed by atoms with Crippen LogP contribution in [-0.2, 0) is 6.42 Å². The predicted octanol–water partition coefficient (Wildman–Crippen LogP) is 4.10. The number of aryl methyl sites for hydroxylation is 1. The van der Waals surface area contributed by atoms with Crippen LogP contribution < -0.4 is 5.73 Å². The average Bonchev–Trinajstić information content (AvgIpc) is 2.42. The van der Waals surface area contributed by atoms with Crippen molar-refractivity contribution in [3.63, 3.8) is 0 Å². The quantitative estimate of drug-likeness (QED) is 0.624. The summed E-state index contributed by atoms with van der Waals surface area (Å²) in [6.45, 7) is 2.14. The number of benzene rings is 2. The van der Waals surface area contributed by atoms with E-state index in [0.717, 1.165) is 24.8 Å². The fourth-order valence-electron chi connectivity index (χ4n) is 2.38. The van der Waals surface area contributed by atoms with Crippen LogP contribution in [0.1, 0.15) is 36.8 Å². The summed E-state index contributed by atoms with van der Waals surface area (Å²) in [5, 5.41) is 9.87. The van der Waals surface area contributed by atoms with Crippen molar-refractivity contribution in [3.8, 4) is 5.75 Å². The number of nitrogens with two attached hydrogens (primary N) is 1. The number of rotatable bonds is 5. The molecule has 0 heterocycles. The van der Waals surface area contributed by atoms with E-state index >= 15 is 0 Å². The van der Waals surface area contributed by atoms with Gasteiger partial charge in [0.05, 0.1) is 0 Å². The maximum absolute atomic E-state index is 9.87. The molecular formula is C17H21NO.